The van der Waals surface area contributed by atoms with Crippen molar-refractivity contribution in [1.82, 2.24) is 30.0 Å². The van der Waals surface area contributed by atoms with Crippen LogP contribution in [-0.4, -0.2) is 42.6 Å². The number of carbonyl (C=O) groups excluding carboxylic acids is 2. The van der Waals surface area contributed by atoms with Gasteiger partial charge in [-0.25, -0.2) is 19.6 Å². The van der Waals surface area contributed by atoms with Gasteiger partial charge in [-0.2, -0.15) is 5.10 Å². The number of fused-ring (bicyclic) bond motifs is 1. The largest absolute Gasteiger partial charge is 0.383 e. The Morgan fingerprint density at radius 3 is 2.54 bits per heavy atom. The average molecular weight is 515 g/mol. The van der Waals surface area contributed by atoms with Crippen molar-refractivity contribution in [2.75, 3.05) is 11.1 Å². The molecule has 188 valence electrons. The van der Waals surface area contributed by atoms with E-state index in [0.29, 0.717) is 33.2 Å². The molecule has 4 aromatic rings. The molecule has 4 N–H and O–H groups in total. The molecule has 37 heavy (non-hydrogen) atoms. The van der Waals surface area contributed by atoms with Crippen LogP contribution in [0.1, 0.15) is 53.9 Å². The van der Waals surface area contributed by atoms with Gasteiger partial charge >= 0.3 is 0 Å². The quantitative estimate of drug-likeness (QED) is 0.345. The van der Waals surface area contributed by atoms with Gasteiger partial charge in [0.1, 0.15) is 17.8 Å². The van der Waals surface area contributed by atoms with Gasteiger partial charge in [0.05, 0.1) is 11.4 Å². The highest BCUT2D eigenvalue weighted by Crippen LogP contribution is 2.36. The number of rotatable bonds is 5. The number of nitrogen functional groups attached to an aromatic ring is 1. The van der Waals surface area contributed by atoms with Crippen LogP contribution >= 0.6 is 11.3 Å². The topological polar surface area (TPSA) is 141 Å². The van der Waals surface area contributed by atoms with Gasteiger partial charge in [0.15, 0.2) is 10.8 Å². The number of nitrogens with two attached hydrogens (primary N) is 1. The number of hydrogen-bond donors (Lipinski definition) is 3. The van der Waals surface area contributed by atoms with E-state index in [1.165, 1.54) is 17.7 Å². The lowest BCUT2D eigenvalue weighted by molar-refractivity contribution is -0.116. The minimum absolute atomic E-state index is 0.0950. The van der Waals surface area contributed by atoms with Gasteiger partial charge in [-0.1, -0.05) is 18.1 Å². The van der Waals surface area contributed by atoms with Gasteiger partial charge in [-0.3, -0.25) is 14.9 Å². The molecule has 1 fully saturated rings. The maximum Gasteiger partial charge on any atom is 0.296 e. The third-order valence-corrected chi connectivity index (χ3v) is 7.22. The van der Waals surface area contributed by atoms with E-state index in [4.69, 9.17) is 10.8 Å². The monoisotopic (exact) mass is 514 g/mol. The van der Waals surface area contributed by atoms with E-state index in [2.05, 4.69) is 37.4 Å². The summed E-state index contributed by atoms with van der Waals surface area (Å²) in [5.74, 6) is 5.05. The second-order valence-corrected chi connectivity index (χ2v) is 10.1. The lowest BCUT2D eigenvalue weighted by Gasteiger charge is -2.28. The predicted octanol–water partition coefficient (Wildman–Crippen LogP) is 3.72. The summed E-state index contributed by atoms with van der Waals surface area (Å²) in [6.07, 6.45) is 6.48. The third kappa shape index (κ3) is 5.15. The van der Waals surface area contributed by atoms with Crippen LogP contribution in [0.15, 0.2) is 36.8 Å². The smallest absolute Gasteiger partial charge is 0.296 e. The first-order chi connectivity index (χ1) is 17.9. The number of thiazole rings is 1. The van der Waals surface area contributed by atoms with Crippen molar-refractivity contribution in [2.45, 2.75) is 51.6 Å². The lowest BCUT2D eigenvalue weighted by Crippen LogP contribution is -2.37. The summed E-state index contributed by atoms with van der Waals surface area (Å²) < 4.78 is 1.93. The van der Waals surface area contributed by atoms with Crippen LogP contribution in [0, 0.1) is 18.8 Å². The van der Waals surface area contributed by atoms with E-state index in [0.717, 1.165) is 36.1 Å². The molecule has 0 bridgehead atoms. The second kappa shape index (κ2) is 10.4. The molecule has 1 saturated carbocycles. The fraction of sp³-hybridized carbons (Fsp3) is 0.308. The number of amides is 2. The standard InChI is InChI=1S/C26H26N8O2S/c1-3-4-20(35)31-18-9-11-19(12-10-18)34-24-21(23(27)29-14-30-24)22(33-34)16-5-7-17(8-6-16)25(36)32-26-28-13-15(2)37-26/h5-8,13-14,18-19H,9-12H2,1-2H3,(H,31,35)(H2,27,29,30)(H,28,32,36). The molecule has 0 radical (unpaired) electrons. The Labute approximate surface area is 217 Å². The molecule has 1 aliphatic rings. The fourth-order valence-corrected chi connectivity index (χ4v) is 5.27. The Hall–Kier alpha value is -4.30. The summed E-state index contributed by atoms with van der Waals surface area (Å²) in [5, 5.41) is 12.0. The van der Waals surface area contributed by atoms with Crippen LogP contribution in [0.2, 0.25) is 0 Å². The normalized spacial score (nSPS) is 17.1. The van der Waals surface area contributed by atoms with Gasteiger partial charge in [-0.15, -0.1) is 11.3 Å². The summed E-state index contributed by atoms with van der Waals surface area (Å²) >= 11 is 1.42. The van der Waals surface area contributed by atoms with Crippen LogP contribution < -0.4 is 16.4 Å². The van der Waals surface area contributed by atoms with Crippen molar-refractivity contribution in [3.05, 3.63) is 47.2 Å². The minimum Gasteiger partial charge on any atom is -0.383 e. The summed E-state index contributed by atoms with van der Waals surface area (Å²) in [7, 11) is 0. The minimum atomic E-state index is -0.239. The van der Waals surface area contributed by atoms with Gasteiger partial charge in [0, 0.05) is 28.2 Å². The third-order valence-electron chi connectivity index (χ3n) is 6.40. The first kappa shape index (κ1) is 24.4. The van der Waals surface area contributed by atoms with E-state index in [-0.39, 0.29) is 23.9 Å². The van der Waals surface area contributed by atoms with Crippen molar-refractivity contribution in [2.24, 2.45) is 0 Å². The molecular formula is C26H26N8O2S. The molecule has 0 saturated heterocycles. The highest BCUT2D eigenvalue weighted by atomic mass is 32.1. The average Bonchev–Trinajstić information content (AvgIpc) is 3.49. The van der Waals surface area contributed by atoms with Crippen molar-refractivity contribution in [3.8, 4) is 23.1 Å². The second-order valence-electron chi connectivity index (χ2n) is 8.91. The predicted molar refractivity (Wildman–Crippen MR) is 143 cm³/mol. The van der Waals surface area contributed by atoms with E-state index >= 15 is 0 Å². The zero-order valence-corrected chi connectivity index (χ0v) is 21.3. The summed E-state index contributed by atoms with van der Waals surface area (Å²) in [5.41, 5.74) is 8.94. The number of aryl methyl sites for hydroxylation is 1. The Balaban J connectivity index is 1.38. The number of nitrogens with zero attached hydrogens (tertiary/aromatic N) is 5. The molecule has 1 aliphatic carbocycles. The zero-order valence-electron chi connectivity index (χ0n) is 20.5. The number of hydrogen-bond acceptors (Lipinski definition) is 8. The molecular weight excluding hydrogens is 488 g/mol. The maximum absolute atomic E-state index is 12.6. The first-order valence-electron chi connectivity index (χ1n) is 12.0. The molecule has 11 heteroatoms. The van der Waals surface area contributed by atoms with Crippen molar-refractivity contribution in [3.63, 3.8) is 0 Å². The van der Waals surface area contributed by atoms with Crippen LogP contribution in [0.25, 0.3) is 22.3 Å². The molecule has 3 aromatic heterocycles. The lowest BCUT2D eigenvalue weighted by atomic mass is 9.91. The first-order valence-corrected chi connectivity index (χ1v) is 12.8. The molecule has 5 rings (SSSR count). The van der Waals surface area contributed by atoms with E-state index in [9.17, 15) is 9.59 Å². The van der Waals surface area contributed by atoms with Crippen molar-refractivity contribution in [1.29, 1.82) is 0 Å². The van der Waals surface area contributed by atoms with Crippen LogP contribution in [0.4, 0.5) is 10.9 Å². The van der Waals surface area contributed by atoms with E-state index in [1.807, 2.05) is 23.7 Å². The Bertz CT molecular complexity index is 1520. The number of nitrogens with one attached hydrogen (secondary N) is 2. The number of carbonyl (C=O) groups is 2. The van der Waals surface area contributed by atoms with Gasteiger partial charge in [0.25, 0.3) is 11.8 Å². The van der Waals surface area contributed by atoms with Gasteiger partial charge < -0.3 is 11.1 Å². The van der Waals surface area contributed by atoms with Crippen molar-refractivity contribution < 1.29 is 9.59 Å². The SMILES string of the molecule is CC#CC(=O)NC1CCC(n2nc(-c3ccc(C(=O)Nc4ncc(C)s4)cc3)c3c(N)ncnc32)CC1. The highest BCUT2D eigenvalue weighted by Gasteiger charge is 2.27. The van der Waals surface area contributed by atoms with Crippen LogP contribution in [-0.2, 0) is 4.79 Å². The number of anilines is 2. The van der Waals surface area contributed by atoms with Gasteiger partial charge in [-0.05, 0) is 57.6 Å². The zero-order chi connectivity index (χ0) is 25.9. The molecule has 10 nitrogen and oxygen atoms in total. The summed E-state index contributed by atoms with van der Waals surface area (Å²) in [4.78, 5) is 38.4. The maximum atomic E-state index is 12.6. The fourth-order valence-electron chi connectivity index (χ4n) is 4.61. The molecule has 1 aromatic carbocycles. The number of aromatic nitrogens is 5. The molecule has 2 amide bonds. The Morgan fingerprint density at radius 1 is 1.11 bits per heavy atom. The number of benzene rings is 1. The molecule has 3 heterocycles. The molecule has 0 aliphatic heterocycles. The van der Waals surface area contributed by atoms with Gasteiger partial charge in [0.2, 0.25) is 0 Å². The highest BCUT2D eigenvalue weighted by molar-refractivity contribution is 7.15. The van der Waals surface area contributed by atoms with Crippen molar-refractivity contribution >= 4 is 45.1 Å². The Morgan fingerprint density at radius 2 is 1.86 bits per heavy atom. The van der Waals surface area contributed by atoms with E-state index < -0.39 is 0 Å². The molecule has 0 atom stereocenters. The Kier molecular flexibility index (Phi) is 6.83. The summed E-state index contributed by atoms with van der Waals surface area (Å²) in [6, 6.07) is 7.41. The van der Waals surface area contributed by atoms with E-state index in [1.54, 1.807) is 25.3 Å². The molecule has 0 spiro atoms. The van der Waals surface area contributed by atoms with Crippen LogP contribution in [0.5, 0.6) is 0 Å². The van der Waals surface area contributed by atoms with Crippen LogP contribution in [0.3, 0.4) is 0 Å². The molecule has 0 unspecified atom stereocenters. The summed E-state index contributed by atoms with van der Waals surface area (Å²) in [6.45, 7) is 3.59.